The molecule has 112 valence electrons. The molecule has 0 aliphatic carbocycles. The van der Waals surface area contributed by atoms with Gasteiger partial charge in [-0.05, 0) is 29.8 Å². The van der Waals surface area contributed by atoms with E-state index in [0.717, 1.165) is 34.7 Å². The number of thiazole rings is 1. The number of benzene rings is 1. The zero-order valence-corrected chi connectivity index (χ0v) is 14.4. The first-order chi connectivity index (χ1) is 10.8. The van der Waals surface area contributed by atoms with Crippen molar-refractivity contribution in [3.05, 3.63) is 70.0 Å². The summed E-state index contributed by atoms with van der Waals surface area (Å²) in [6.45, 7) is 1.70. The Morgan fingerprint density at radius 1 is 1.09 bits per heavy atom. The summed E-state index contributed by atoms with van der Waals surface area (Å²) in [7, 11) is 0. The molecule has 22 heavy (non-hydrogen) atoms. The van der Waals surface area contributed by atoms with Crippen LogP contribution < -0.4 is 5.32 Å². The lowest BCUT2D eigenvalue weighted by atomic mass is 10.2. The standard InChI is InChI=1S/C17H16BrN3S/c18-14-5-3-4-13(10-14)16-11-21-17(22-16)12-19-9-7-15-6-1-2-8-20-15/h1-6,8,10-11,19H,7,9,12H2. The summed E-state index contributed by atoms with van der Waals surface area (Å²) < 4.78 is 1.09. The van der Waals surface area contributed by atoms with Crippen molar-refractivity contribution in [2.24, 2.45) is 0 Å². The number of nitrogens with zero attached hydrogens (tertiary/aromatic N) is 2. The number of hydrogen-bond acceptors (Lipinski definition) is 4. The zero-order valence-electron chi connectivity index (χ0n) is 12.0. The van der Waals surface area contributed by atoms with Crippen LogP contribution in [-0.2, 0) is 13.0 Å². The van der Waals surface area contributed by atoms with Gasteiger partial charge < -0.3 is 5.32 Å². The molecular weight excluding hydrogens is 358 g/mol. The molecule has 5 heteroatoms. The molecule has 1 N–H and O–H groups in total. The maximum atomic E-state index is 4.49. The normalized spacial score (nSPS) is 10.8. The van der Waals surface area contributed by atoms with E-state index in [-0.39, 0.29) is 0 Å². The molecule has 1 aromatic carbocycles. The molecule has 0 saturated carbocycles. The summed E-state index contributed by atoms with van der Waals surface area (Å²) in [5.74, 6) is 0. The Bertz CT molecular complexity index is 728. The van der Waals surface area contributed by atoms with E-state index in [1.165, 1.54) is 10.4 Å². The van der Waals surface area contributed by atoms with Gasteiger partial charge in [-0.15, -0.1) is 11.3 Å². The van der Waals surface area contributed by atoms with Crippen LogP contribution in [-0.4, -0.2) is 16.5 Å². The van der Waals surface area contributed by atoms with Crippen LogP contribution >= 0.6 is 27.3 Å². The Kier molecular flexibility index (Phi) is 5.32. The second kappa shape index (κ2) is 7.63. The van der Waals surface area contributed by atoms with Crippen LogP contribution in [0.15, 0.2) is 59.3 Å². The maximum Gasteiger partial charge on any atom is 0.107 e. The fourth-order valence-corrected chi connectivity index (χ4v) is 3.41. The highest BCUT2D eigenvalue weighted by Crippen LogP contribution is 2.28. The Morgan fingerprint density at radius 3 is 2.86 bits per heavy atom. The van der Waals surface area contributed by atoms with Crippen LogP contribution in [0.1, 0.15) is 10.7 Å². The lowest BCUT2D eigenvalue weighted by molar-refractivity contribution is 0.677. The van der Waals surface area contributed by atoms with Crippen molar-refractivity contribution < 1.29 is 0 Å². The maximum absolute atomic E-state index is 4.49. The summed E-state index contributed by atoms with van der Waals surface area (Å²) in [5.41, 5.74) is 2.32. The molecule has 0 aliphatic rings. The lowest BCUT2D eigenvalue weighted by Crippen LogP contribution is -2.16. The van der Waals surface area contributed by atoms with Gasteiger partial charge in [-0.25, -0.2) is 4.98 Å². The summed E-state index contributed by atoms with van der Waals surface area (Å²) in [5, 5.41) is 4.53. The van der Waals surface area contributed by atoms with E-state index in [1.54, 1.807) is 11.3 Å². The van der Waals surface area contributed by atoms with Crippen LogP contribution in [0.5, 0.6) is 0 Å². The van der Waals surface area contributed by atoms with Crippen molar-refractivity contribution in [2.45, 2.75) is 13.0 Å². The highest BCUT2D eigenvalue weighted by Gasteiger charge is 2.04. The second-order valence-corrected chi connectivity index (χ2v) is 6.91. The largest absolute Gasteiger partial charge is 0.310 e. The van der Waals surface area contributed by atoms with E-state index in [4.69, 9.17) is 0 Å². The molecule has 0 fully saturated rings. The molecule has 3 aromatic rings. The number of nitrogens with one attached hydrogen (secondary N) is 1. The minimum Gasteiger partial charge on any atom is -0.310 e. The molecule has 0 amide bonds. The van der Waals surface area contributed by atoms with E-state index >= 15 is 0 Å². The van der Waals surface area contributed by atoms with Gasteiger partial charge in [-0.3, -0.25) is 4.98 Å². The quantitative estimate of drug-likeness (QED) is 0.654. The highest BCUT2D eigenvalue weighted by molar-refractivity contribution is 9.10. The van der Waals surface area contributed by atoms with E-state index < -0.39 is 0 Å². The monoisotopic (exact) mass is 373 g/mol. The molecule has 3 nitrogen and oxygen atoms in total. The molecular formula is C17H16BrN3S. The SMILES string of the molecule is Brc1cccc(-c2cnc(CNCCc3ccccn3)s2)c1. The third kappa shape index (κ3) is 4.22. The molecule has 0 atom stereocenters. The number of aromatic nitrogens is 2. The summed E-state index contributed by atoms with van der Waals surface area (Å²) >= 11 is 5.24. The molecule has 0 aliphatic heterocycles. The van der Waals surface area contributed by atoms with Gasteiger partial charge in [0, 0.05) is 42.1 Å². The predicted octanol–water partition coefficient (Wildman–Crippen LogP) is 4.30. The Balaban J connectivity index is 1.52. The summed E-state index contributed by atoms with van der Waals surface area (Å²) in [6, 6.07) is 14.3. The third-order valence-corrected chi connectivity index (χ3v) is 4.76. The number of pyridine rings is 1. The third-order valence-electron chi connectivity index (χ3n) is 3.22. The average Bonchev–Trinajstić information content (AvgIpc) is 3.02. The molecule has 0 radical (unpaired) electrons. The summed E-state index contributed by atoms with van der Waals surface area (Å²) in [6.07, 6.45) is 4.72. The fraction of sp³-hybridized carbons (Fsp3) is 0.176. The Hall–Kier alpha value is -1.56. The van der Waals surface area contributed by atoms with Crippen LogP contribution in [0, 0.1) is 0 Å². The molecule has 0 unspecified atom stereocenters. The van der Waals surface area contributed by atoms with Gasteiger partial charge in [0.05, 0.1) is 4.88 Å². The van der Waals surface area contributed by atoms with Crippen LogP contribution in [0.2, 0.25) is 0 Å². The summed E-state index contributed by atoms with van der Waals surface area (Å²) in [4.78, 5) is 10.0. The van der Waals surface area contributed by atoms with Crippen molar-refractivity contribution in [1.82, 2.24) is 15.3 Å². The van der Waals surface area contributed by atoms with Gasteiger partial charge in [-0.2, -0.15) is 0 Å². The molecule has 3 rings (SSSR count). The van der Waals surface area contributed by atoms with Crippen LogP contribution in [0.3, 0.4) is 0 Å². The zero-order chi connectivity index (χ0) is 15.2. The first-order valence-electron chi connectivity index (χ1n) is 7.12. The van der Waals surface area contributed by atoms with E-state index in [0.29, 0.717) is 0 Å². The first-order valence-corrected chi connectivity index (χ1v) is 8.73. The van der Waals surface area contributed by atoms with Gasteiger partial charge in [0.25, 0.3) is 0 Å². The topological polar surface area (TPSA) is 37.8 Å². The lowest BCUT2D eigenvalue weighted by Gasteiger charge is -2.02. The van der Waals surface area contributed by atoms with Crippen molar-refractivity contribution in [1.29, 1.82) is 0 Å². The number of halogens is 1. The van der Waals surface area contributed by atoms with Gasteiger partial charge in [0.1, 0.15) is 5.01 Å². The fourth-order valence-electron chi connectivity index (χ4n) is 2.12. The van der Waals surface area contributed by atoms with Crippen LogP contribution in [0.25, 0.3) is 10.4 Å². The van der Waals surface area contributed by atoms with Crippen molar-refractivity contribution >= 4 is 27.3 Å². The van der Waals surface area contributed by atoms with Crippen molar-refractivity contribution in [3.8, 4) is 10.4 Å². The smallest absolute Gasteiger partial charge is 0.107 e. The van der Waals surface area contributed by atoms with Crippen LogP contribution in [0.4, 0.5) is 0 Å². The van der Waals surface area contributed by atoms with Crippen molar-refractivity contribution in [2.75, 3.05) is 6.54 Å². The molecule has 2 heterocycles. The van der Waals surface area contributed by atoms with Gasteiger partial charge in [0.2, 0.25) is 0 Å². The average molecular weight is 374 g/mol. The highest BCUT2D eigenvalue weighted by atomic mass is 79.9. The van der Waals surface area contributed by atoms with E-state index in [1.807, 2.05) is 36.7 Å². The predicted molar refractivity (Wildman–Crippen MR) is 94.9 cm³/mol. The number of rotatable bonds is 6. The molecule has 0 spiro atoms. The van der Waals surface area contributed by atoms with Gasteiger partial charge >= 0.3 is 0 Å². The van der Waals surface area contributed by atoms with Gasteiger partial charge in [-0.1, -0.05) is 34.1 Å². The minimum absolute atomic E-state index is 0.797. The molecule has 0 bridgehead atoms. The first kappa shape index (κ1) is 15.3. The second-order valence-electron chi connectivity index (χ2n) is 4.88. The van der Waals surface area contributed by atoms with E-state index in [9.17, 15) is 0 Å². The van der Waals surface area contributed by atoms with Gasteiger partial charge in [0.15, 0.2) is 0 Å². The molecule has 0 saturated heterocycles. The number of hydrogen-bond donors (Lipinski definition) is 1. The Morgan fingerprint density at radius 2 is 2.05 bits per heavy atom. The minimum atomic E-state index is 0.797. The van der Waals surface area contributed by atoms with Crippen molar-refractivity contribution in [3.63, 3.8) is 0 Å². The molecule has 2 aromatic heterocycles. The Labute approximate surface area is 142 Å². The van der Waals surface area contributed by atoms with E-state index in [2.05, 4.69) is 49.4 Å².